The number of aryl methyl sites for hydroxylation is 1. The first kappa shape index (κ1) is 21.2. The van der Waals surface area contributed by atoms with E-state index in [0.29, 0.717) is 24.4 Å². The van der Waals surface area contributed by atoms with Crippen LogP contribution >= 0.6 is 0 Å². The molecule has 162 valence electrons. The van der Waals surface area contributed by atoms with Gasteiger partial charge in [-0.05, 0) is 37.3 Å². The fourth-order valence-electron chi connectivity index (χ4n) is 3.42. The molecule has 4 rings (SSSR count). The van der Waals surface area contributed by atoms with Gasteiger partial charge in [-0.15, -0.1) is 0 Å². The fraction of sp³-hybridized carbons (Fsp3) is 0.273. The van der Waals surface area contributed by atoms with Crippen molar-refractivity contribution in [2.24, 2.45) is 0 Å². The zero-order chi connectivity index (χ0) is 22.0. The van der Waals surface area contributed by atoms with Crippen LogP contribution in [-0.2, 0) is 19.5 Å². The summed E-state index contributed by atoms with van der Waals surface area (Å²) >= 11 is 0. The van der Waals surface area contributed by atoms with E-state index in [1.54, 1.807) is 13.0 Å². The van der Waals surface area contributed by atoms with E-state index in [4.69, 9.17) is 13.9 Å². The smallest absolute Gasteiger partial charge is 0.338 e. The lowest BCUT2D eigenvalue weighted by Crippen LogP contribution is -2.40. The molecular formula is C22H21NO7S. The van der Waals surface area contributed by atoms with Gasteiger partial charge in [-0.3, -0.25) is 4.79 Å². The van der Waals surface area contributed by atoms with Crippen molar-refractivity contribution in [3.05, 3.63) is 65.4 Å². The topological polar surface area (TPSA) is 103 Å². The zero-order valence-electron chi connectivity index (χ0n) is 16.9. The minimum Gasteiger partial charge on any atom is -0.454 e. The van der Waals surface area contributed by atoms with Crippen LogP contribution in [0.2, 0.25) is 0 Å². The fourth-order valence-corrected chi connectivity index (χ4v) is 4.83. The predicted octanol–water partition coefficient (Wildman–Crippen LogP) is 2.80. The molecule has 3 aromatic rings. The Hall–Kier alpha value is -3.01. The molecule has 1 aliphatic heterocycles. The number of fused-ring (bicyclic) bond motifs is 1. The van der Waals surface area contributed by atoms with Crippen LogP contribution in [0, 0.1) is 6.92 Å². The number of carbonyl (C=O) groups excluding carboxylic acids is 2. The molecule has 1 saturated heterocycles. The highest BCUT2D eigenvalue weighted by molar-refractivity contribution is 7.89. The normalized spacial score (nSPS) is 15.1. The summed E-state index contributed by atoms with van der Waals surface area (Å²) in [6.45, 7) is 2.57. The molecule has 0 radical (unpaired) electrons. The second-order valence-corrected chi connectivity index (χ2v) is 9.03. The van der Waals surface area contributed by atoms with Gasteiger partial charge in [0.15, 0.2) is 12.4 Å². The van der Waals surface area contributed by atoms with Crippen LogP contribution in [0.25, 0.3) is 11.0 Å². The van der Waals surface area contributed by atoms with Crippen LogP contribution in [0.15, 0.2) is 57.8 Å². The molecule has 0 unspecified atom stereocenters. The first-order valence-electron chi connectivity index (χ1n) is 9.74. The van der Waals surface area contributed by atoms with Gasteiger partial charge in [-0.1, -0.05) is 18.2 Å². The van der Waals surface area contributed by atoms with Crippen molar-refractivity contribution in [3.8, 4) is 0 Å². The highest BCUT2D eigenvalue weighted by Crippen LogP contribution is 2.25. The van der Waals surface area contributed by atoms with E-state index in [0.717, 1.165) is 5.39 Å². The third kappa shape index (κ3) is 4.25. The standard InChI is InChI=1S/C22H21NO7S/c1-15-18-4-2-3-5-20(18)30-21(15)19(24)14-29-22(25)16-6-8-17(9-7-16)31(26,27)23-10-12-28-13-11-23/h2-9H,10-14H2,1H3. The maximum atomic E-state index is 12.6. The molecule has 31 heavy (non-hydrogen) atoms. The van der Waals surface area contributed by atoms with E-state index < -0.39 is 28.4 Å². The molecule has 0 saturated carbocycles. The number of para-hydroxylation sites is 1. The Balaban J connectivity index is 1.41. The third-order valence-electron chi connectivity index (χ3n) is 5.13. The largest absolute Gasteiger partial charge is 0.454 e. The monoisotopic (exact) mass is 443 g/mol. The third-order valence-corrected chi connectivity index (χ3v) is 7.04. The van der Waals surface area contributed by atoms with Gasteiger partial charge in [0.05, 0.1) is 23.7 Å². The van der Waals surface area contributed by atoms with Gasteiger partial charge in [-0.25, -0.2) is 13.2 Å². The second-order valence-electron chi connectivity index (χ2n) is 7.09. The molecule has 0 bridgehead atoms. The molecule has 1 fully saturated rings. The van der Waals surface area contributed by atoms with Gasteiger partial charge in [0.25, 0.3) is 0 Å². The number of carbonyl (C=O) groups is 2. The quantitative estimate of drug-likeness (QED) is 0.426. The number of sulfonamides is 1. The number of Topliss-reactive ketones (excluding diaryl/α,β-unsaturated/α-hetero) is 1. The summed E-state index contributed by atoms with van der Waals surface area (Å²) in [5.41, 5.74) is 1.43. The van der Waals surface area contributed by atoms with Gasteiger partial charge in [-0.2, -0.15) is 4.31 Å². The Morgan fingerprint density at radius 2 is 1.71 bits per heavy atom. The van der Waals surface area contributed by atoms with Crippen LogP contribution in [0.4, 0.5) is 0 Å². The Morgan fingerprint density at radius 3 is 2.39 bits per heavy atom. The van der Waals surface area contributed by atoms with E-state index in [2.05, 4.69) is 0 Å². The predicted molar refractivity (Wildman–Crippen MR) is 112 cm³/mol. The highest BCUT2D eigenvalue weighted by atomic mass is 32.2. The number of esters is 1. The summed E-state index contributed by atoms with van der Waals surface area (Å²) in [5.74, 6) is -1.02. The molecule has 2 aromatic carbocycles. The summed E-state index contributed by atoms with van der Waals surface area (Å²) < 4.78 is 42.5. The molecule has 0 N–H and O–H groups in total. The van der Waals surface area contributed by atoms with E-state index >= 15 is 0 Å². The van der Waals surface area contributed by atoms with Crippen molar-refractivity contribution in [1.82, 2.24) is 4.31 Å². The number of ketones is 1. The summed E-state index contributed by atoms with van der Waals surface area (Å²) in [7, 11) is -3.65. The molecule has 8 nitrogen and oxygen atoms in total. The highest BCUT2D eigenvalue weighted by Gasteiger charge is 2.26. The summed E-state index contributed by atoms with van der Waals surface area (Å²) in [6, 6.07) is 12.7. The van der Waals surface area contributed by atoms with Crippen LogP contribution < -0.4 is 0 Å². The maximum absolute atomic E-state index is 12.6. The molecule has 0 aliphatic carbocycles. The lowest BCUT2D eigenvalue weighted by atomic mass is 10.1. The van der Waals surface area contributed by atoms with Gasteiger partial charge in [0.2, 0.25) is 15.8 Å². The molecule has 1 aliphatic rings. The molecular weight excluding hydrogens is 422 g/mol. The molecule has 9 heteroatoms. The number of rotatable bonds is 6. The van der Waals surface area contributed by atoms with E-state index in [1.165, 1.54) is 28.6 Å². The SMILES string of the molecule is Cc1c(C(=O)COC(=O)c2ccc(S(=O)(=O)N3CCOCC3)cc2)oc2ccccc12. The van der Waals surface area contributed by atoms with E-state index in [9.17, 15) is 18.0 Å². The van der Waals surface area contributed by atoms with Gasteiger partial charge < -0.3 is 13.9 Å². The van der Waals surface area contributed by atoms with Crippen molar-refractivity contribution in [1.29, 1.82) is 0 Å². The van der Waals surface area contributed by atoms with Crippen molar-refractivity contribution >= 4 is 32.7 Å². The summed E-state index contributed by atoms with van der Waals surface area (Å²) in [4.78, 5) is 24.9. The summed E-state index contributed by atoms with van der Waals surface area (Å²) in [6.07, 6.45) is 0. The Bertz CT molecular complexity index is 1220. The van der Waals surface area contributed by atoms with Gasteiger partial charge >= 0.3 is 5.97 Å². The number of nitrogens with zero attached hydrogens (tertiary/aromatic N) is 1. The molecule has 0 amide bonds. The molecule has 0 atom stereocenters. The summed E-state index contributed by atoms with van der Waals surface area (Å²) in [5, 5.41) is 0.828. The molecule has 2 heterocycles. The second kappa shape index (κ2) is 8.62. The number of ether oxygens (including phenoxy) is 2. The molecule has 1 aromatic heterocycles. The van der Waals surface area contributed by atoms with Crippen molar-refractivity contribution in [2.75, 3.05) is 32.9 Å². The first-order valence-corrected chi connectivity index (χ1v) is 11.2. The van der Waals surface area contributed by atoms with Crippen molar-refractivity contribution in [3.63, 3.8) is 0 Å². The lowest BCUT2D eigenvalue weighted by Gasteiger charge is -2.26. The van der Waals surface area contributed by atoms with Crippen LogP contribution in [0.1, 0.15) is 26.5 Å². The minimum absolute atomic E-state index is 0.0833. The number of hydrogen-bond donors (Lipinski definition) is 0. The minimum atomic E-state index is -3.65. The first-order chi connectivity index (χ1) is 14.9. The number of furan rings is 1. The Morgan fingerprint density at radius 1 is 1.03 bits per heavy atom. The van der Waals surface area contributed by atoms with E-state index in [1.807, 2.05) is 18.2 Å². The van der Waals surface area contributed by atoms with Crippen molar-refractivity contribution in [2.45, 2.75) is 11.8 Å². The maximum Gasteiger partial charge on any atom is 0.338 e. The van der Waals surface area contributed by atoms with Crippen LogP contribution in [-0.4, -0.2) is 57.4 Å². The number of benzene rings is 2. The number of morpholine rings is 1. The average molecular weight is 443 g/mol. The van der Waals surface area contributed by atoms with Crippen LogP contribution in [0.5, 0.6) is 0 Å². The van der Waals surface area contributed by atoms with Gasteiger partial charge in [0, 0.05) is 24.0 Å². The van der Waals surface area contributed by atoms with Gasteiger partial charge in [0.1, 0.15) is 5.58 Å². The Labute approximate surface area is 179 Å². The number of hydrogen-bond acceptors (Lipinski definition) is 7. The average Bonchev–Trinajstić information content (AvgIpc) is 3.14. The van der Waals surface area contributed by atoms with E-state index in [-0.39, 0.29) is 29.3 Å². The van der Waals surface area contributed by atoms with Crippen LogP contribution in [0.3, 0.4) is 0 Å². The zero-order valence-corrected chi connectivity index (χ0v) is 17.7. The molecule has 0 spiro atoms. The lowest BCUT2D eigenvalue weighted by molar-refractivity contribution is 0.0468. The van der Waals surface area contributed by atoms with Crippen molar-refractivity contribution < 1.29 is 31.9 Å². The Kier molecular flexibility index (Phi) is 5.90.